The molecular formula is C19H30Cl2N2O3. The molecule has 2 atom stereocenters. The molecule has 1 aromatic carbocycles. The minimum absolute atomic E-state index is 0. The van der Waals surface area contributed by atoms with Crippen LogP contribution in [-0.4, -0.2) is 32.7 Å². The molecule has 26 heavy (non-hydrogen) atoms. The minimum atomic E-state index is 0. The Morgan fingerprint density at radius 3 is 2.85 bits per heavy atom. The summed E-state index contributed by atoms with van der Waals surface area (Å²) < 4.78 is 10.8. The third kappa shape index (κ3) is 6.53. The minimum Gasteiger partial charge on any atom is -0.493 e. The van der Waals surface area contributed by atoms with Crippen molar-refractivity contribution in [2.24, 2.45) is 11.8 Å². The van der Waals surface area contributed by atoms with Crippen LogP contribution in [-0.2, 0) is 11.3 Å². The number of hydrogen-bond donors (Lipinski definition) is 2. The highest BCUT2D eigenvalue weighted by Crippen LogP contribution is 2.36. The summed E-state index contributed by atoms with van der Waals surface area (Å²) in [4.78, 5) is 12.3. The number of hydrogen-bond acceptors (Lipinski definition) is 4. The third-order valence-electron chi connectivity index (χ3n) is 4.71. The lowest BCUT2D eigenvalue weighted by atomic mass is 9.85. The molecule has 2 rings (SSSR count). The standard InChI is InChI=1S/C19H29ClN2O3.ClH/c1-4-25-19-16(20)9-14(10-17(19)24-3)11-22-18(23)8-13(2)15-6-5-7-21-12-15;/h9-10,13,15,21H,4-8,11-12H2,1-3H3,(H,22,23);1H. The van der Waals surface area contributed by atoms with Crippen molar-refractivity contribution in [3.63, 3.8) is 0 Å². The van der Waals surface area contributed by atoms with Crippen LogP contribution in [0.2, 0.25) is 5.02 Å². The number of benzene rings is 1. The molecule has 0 aromatic heterocycles. The van der Waals surface area contributed by atoms with Gasteiger partial charge in [-0.2, -0.15) is 0 Å². The van der Waals surface area contributed by atoms with E-state index in [-0.39, 0.29) is 18.3 Å². The maximum atomic E-state index is 12.3. The number of carbonyl (C=O) groups is 1. The Morgan fingerprint density at radius 1 is 1.46 bits per heavy atom. The summed E-state index contributed by atoms with van der Waals surface area (Å²) in [6.45, 7) is 7.11. The molecule has 148 valence electrons. The number of carbonyl (C=O) groups excluding carboxylic acids is 1. The highest BCUT2D eigenvalue weighted by atomic mass is 35.5. The predicted molar refractivity (Wildman–Crippen MR) is 108 cm³/mol. The number of nitrogens with one attached hydrogen (secondary N) is 2. The van der Waals surface area contributed by atoms with E-state index in [9.17, 15) is 4.79 Å². The average molecular weight is 405 g/mol. The van der Waals surface area contributed by atoms with Crippen LogP contribution < -0.4 is 20.1 Å². The first-order valence-corrected chi connectivity index (χ1v) is 9.39. The van der Waals surface area contributed by atoms with Gasteiger partial charge < -0.3 is 20.1 Å². The van der Waals surface area contributed by atoms with Gasteiger partial charge in [-0.05, 0) is 62.4 Å². The number of methoxy groups -OCH3 is 1. The summed E-state index contributed by atoms with van der Waals surface area (Å²) in [5.74, 6) is 2.16. The van der Waals surface area contributed by atoms with Gasteiger partial charge in [-0.25, -0.2) is 0 Å². The van der Waals surface area contributed by atoms with E-state index in [1.807, 2.05) is 19.1 Å². The molecule has 7 heteroatoms. The van der Waals surface area contributed by atoms with E-state index >= 15 is 0 Å². The van der Waals surface area contributed by atoms with E-state index in [0.29, 0.717) is 47.9 Å². The van der Waals surface area contributed by atoms with E-state index < -0.39 is 0 Å². The summed E-state index contributed by atoms with van der Waals surface area (Å²) in [6, 6.07) is 3.66. The quantitative estimate of drug-likeness (QED) is 0.691. The van der Waals surface area contributed by atoms with Crippen molar-refractivity contribution in [3.05, 3.63) is 22.7 Å². The number of rotatable bonds is 8. The summed E-state index contributed by atoms with van der Waals surface area (Å²) >= 11 is 6.27. The molecule has 0 bridgehead atoms. The Kier molecular flexibility index (Phi) is 10.1. The number of amides is 1. The normalized spacial score (nSPS) is 17.8. The van der Waals surface area contributed by atoms with E-state index in [1.54, 1.807) is 7.11 Å². The van der Waals surface area contributed by atoms with Gasteiger partial charge in [0.2, 0.25) is 5.91 Å². The molecule has 1 fully saturated rings. The largest absolute Gasteiger partial charge is 0.493 e. The number of ether oxygens (including phenoxy) is 2. The Hall–Kier alpha value is -1.17. The first-order valence-electron chi connectivity index (χ1n) is 9.01. The topological polar surface area (TPSA) is 59.6 Å². The van der Waals surface area contributed by atoms with Crippen LogP contribution in [0, 0.1) is 11.8 Å². The predicted octanol–water partition coefficient (Wildman–Crippen LogP) is 3.81. The van der Waals surface area contributed by atoms with Crippen LogP contribution in [0.25, 0.3) is 0 Å². The van der Waals surface area contributed by atoms with Gasteiger partial charge in [0.25, 0.3) is 0 Å². The fourth-order valence-electron chi connectivity index (χ4n) is 3.26. The van der Waals surface area contributed by atoms with Crippen molar-refractivity contribution in [3.8, 4) is 11.5 Å². The van der Waals surface area contributed by atoms with Crippen molar-refractivity contribution in [2.45, 2.75) is 39.7 Å². The Labute approximate surface area is 167 Å². The molecule has 1 aliphatic heterocycles. The molecule has 2 N–H and O–H groups in total. The van der Waals surface area contributed by atoms with Crippen molar-refractivity contribution >= 4 is 29.9 Å². The highest BCUT2D eigenvalue weighted by molar-refractivity contribution is 6.32. The van der Waals surface area contributed by atoms with Crippen molar-refractivity contribution in [1.29, 1.82) is 0 Å². The third-order valence-corrected chi connectivity index (χ3v) is 5.00. The Balaban J connectivity index is 0.00000338. The zero-order valence-electron chi connectivity index (χ0n) is 15.8. The molecular weight excluding hydrogens is 375 g/mol. The molecule has 1 aliphatic rings. The zero-order valence-corrected chi connectivity index (χ0v) is 17.3. The maximum Gasteiger partial charge on any atom is 0.220 e. The summed E-state index contributed by atoms with van der Waals surface area (Å²) in [7, 11) is 1.58. The monoisotopic (exact) mass is 404 g/mol. The molecule has 0 aliphatic carbocycles. The summed E-state index contributed by atoms with van der Waals surface area (Å²) in [5.41, 5.74) is 0.894. The fraction of sp³-hybridized carbons (Fsp3) is 0.632. The number of halogens is 2. The molecule has 0 saturated carbocycles. The van der Waals surface area contributed by atoms with E-state index in [0.717, 1.165) is 18.7 Å². The second-order valence-corrected chi connectivity index (χ2v) is 7.01. The first-order chi connectivity index (χ1) is 12.0. The average Bonchev–Trinajstić information content (AvgIpc) is 2.62. The van der Waals surface area contributed by atoms with Crippen LogP contribution in [0.3, 0.4) is 0 Å². The van der Waals surface area contributed by atoms with Crippen LogP contribution in [0.4, 0.5) is 0 Å². The second-order valence-electron chi connectivity index (χ2n) is 6.61. The van der Waals surface area contributed by atoms with Gasteiger partial charge in [0.05, 0.1) is 18.7 Å². The fourth-order valence-corrected chi connectivity index (χ4v) is 3.54. The van der Waals surface area contributed by atoms with Gasteiger partial charge in [-0.3, -0.25) is 4.79 Å². The molecule has 1 heterocycles. The lowest BCUT2D eigenvalue weighted by Gasteiger charge is -2.28. The molecule has 1 aromatic rings. The van der Waals surface area contributed by atoms with Gasteiger partial charge in [-0.15, -0.1) is 12.4 Å². The molecule has 1 amide bonds. The molecule has 2 unspecified atom stereocenters. The van der Waals surface area contributed by atoms with Crippen LogP contribution in [0.15, 0.2) is 12.1 Å². The van der Waals surface area contributed by atoms with Gasteiger partial charge in [-0.1, -0.05) is 18.5 Å². The smallest absolute Gasteiger partial charge is 0.220 e. The van der Waals surface area contributed by atoms with E-state index in [1.165, 1.54) is 12.8 Å². The van der Waals surface area contributed by atoms with Crippen LogP contribution in [0.5, 0.6) is 11.5 Å². The van der Waals surface area contributed by atoms with E-state index in [2.05, 4.69) is 17.6 Å². The summed E-state index contributed by atoms with van der Waals surface area (Å²) in [6.07, 6.45) is 2.95. The molecule has 0 spiro atoms. The van der Waals surface area contributed by atoms with Gasteiger partial charge in [0.15, 0.2) is 11.5 Å². The Morgan fingerprint density at radius 2 is 2.23 bits per heavy atom. The SMILES string of the molecule is CCOc1c(Cl)cc(CNC(=O)CC(C)C2CCCNC2)cc1OC.Cl. The van der Waals surface area contributed by atoms with Gasteiger partial charge in [0, 0.05) is 13.0 Å². The van der Waals surface area contributed by atoms with Crippen molar-refractivity contribution in [1.82, 2.24) is 10.6 Å². The lowest BCUT2D eigenvalue weighted by Crippen LogP contribution is -2.35. The molecule has 0 radical (unpaired) electrons. The molecule has 1 saturated heterocycles. The van der Waals surface area contributed by atoms with Crippen molar-refractivity contribution in [2.75, 3.05) is 26.8 Å². The number of piperidine rings is 1. The van der Waals surface area contributed by atoms with E-state index in [4.69, 9.17) is 21.1 Å². The van der Waals surface area contributed by atoms with Crippen LogP contribution >= 0.6 is 24.0 Å². The first kappa shape index (κ1) is 22.9. The van der Waals surface area contributed by atoms with Gasteiger partial charge in [0.1, 0.15) is 0 Å². The maximum absolute atomic E-state index is 12.3. The molecule has 5 nitrogen and oxygen atoms in total. The van der Waals surface area contributed by atoms with Gasteiger partial charge >= 0.3 is 0 Å². The Bertz CT molecular complexity index is 578. The summed E-state index contributed by atoms with van der Waals surface area (Å²) in [5, 5.41) is 6.89. The van der Waals surface area contributed by atoms with Crippen LogP contribution in [0.1, 0.15) is 38.7 Å². The zero-order chi connectivity index (χ0) is 18.2. The second kappa shape index (κ2) is 11.5. The lowest BCUT2D eigenvalue weighted by molar-refractivity contribution is -0.122. The highest BCUT2D eigenvalue weighted by Gasteiger charge is 2.22. The van der Waals surface area contributed by atoms with Crippen molar-refractivity contribution < 1.29 is 14.3 Å².